The molecule has 148 valence electrons. The molecule has 1 aromatic heterocycles. The Morgan fingerprint density at radius 3 is 2.86 bits per heavy atom. The smallest absolute Gasteiger partial charge is 0.339 e. The molecule has 1 aliphatic rings. The van der Waals surface area contributed by atoms with E-state index in [1.807, 2.05) is 37.3 Å². The van der Waals surface area contributed by atoms with Crippen molar-refractivity contribution in [2.45, 2.75) is 39.0 Å². The highest BCUT2D eigenvalue weighted by molar-refractivity contribution is 5.95. The summed E-state index contributed by atoms with van der Waals surface area (Å²) in [5, 5.41) is 11.4. The Morgan fingerprint density at radius 1 is 1.24 bits per heavy atom. The van der Waals surface area contributed by atoms with Gasteiger partial charge in [-0.1, -0.05) is 37.3 Å². The predicted molar refractivity (Wildman–Crippen MR) is 102 cm³/mol. The first kappa shape index (κ1) is 18.8. The fraction of sp³-hybridized carbons (Fsp3) is 0.286. The molecular weight excluding hydrogens is 372 g/mol. The van der Waals surface area contributed by atoms with Gasteiger partial charge in [-0.3, -0.25) is 0 Å². The number of rotatable bonds is 6. The predicted octanol–water partition coefficient (Wildman–Crippen LogP) is 2.89. The lowest BCUT2D eigenvalue weighted by molar-refractivity contribution is 0.0251. The lowest BCUT2D eigenvalue weighted by Crippen LogP contribution is -2.22. The number of ether oxygens (including phenoxy) is 2. The van der Waals surface area contributed by atoms with Gasteiger partial charge in [-0.15, -0.1) is 5.10 Å². The molecule has 2 aromatic carbocycles. The topological polar surface area (TPSA) is 96.2 Å². The number of fused-ring (bicyclic) bond motifs is 1. The van der Waals surface area contributed by atoms with Crippen molar-refractivity contribution in [2.75, 3.05) is 0 Å². The largest absolute Gasteiger partial charge is 0.454 e. The Morgan fingerprint density at radius 2 is 2.07 bits per heavy atom. The molecule has 0 unspecified atom stereocenters. The molecule has 0 saturated heterocycles. The van der Waals surface area contributed by atoms with E-state index >= 15 is 0 Å². The quantitative estimate of drug-likeness (QED) is 0.595. The van der Waals surface area contributed by atoms with E-state index in [1.165, 1.54) is 0 Å². The van der Waals surface area contributed by atoms with E-state index in [9.17, 15) is 9.59 Å². The molecule has 8 heteroatoms. The van der Waals surface area contributed by atoms with Crippen molar-refractivity contribution in [1.29, 1.82) is 0 Å². The third kappa shape index (κ3) is 4.01. The number of benzene rings is 2. The summed E-state index contributed by atoms with van der Waals surface area (Å²) in [6, 6.07) is 14.4. The maximum absolute atomic E-state index is 12.5. The molecule has 8 nitrogen and oxygen atoms in total. The second-order valence-corrected chi connectivity index (χ2v) is 6.78. The van der Waals surface area contributed by atoms with Crippen LogP contribution in [0.2, 0.25) is 0 Å². The molecule has 29 heavy (non-hydrogen) atoms. The summed E-state index contributed by atoms with van der Waals surface area (Å²) in [4.78, 5) is 24.9. The van der Waals surface area contributed by atoms with Crippen LogP contribution in [-0.4, -0.2) is 32.1 Å². The Kier molecular flexibility index (Phi) is 5.33. The van der Waals surface area contributed by atoms with Crippen LogP contribution in [0.4, 0.5) is 0 Å². The van der Waals surface area contributed by atoms with Crippen LogP contribution in [0, 0.1) is 0 Å². The maximum Gasteiger partial charge on any atom is 0.339 e. The van der Waals surface area contributed by atoms with Gasteiger partial charge in [-0.25, -0.2) is 14.3 Å². The summed E-state index contributed by atoms with van der Waals surface area (Å²) < 4.78 is 12.5. The Bertz CT molecular complexity index is 1030. The number of hydrogen-bond acceptors (Lipinski definition) is 7. The maximum atomic E-state index is 12.5. The zero-order valence-corrected chi connectivity index (χ0v) is 15.9. The van der Waals surface area contributed by atoms with Gasteiger partial charge in [0, 0.05) is 13.0 Å². The average Bonchev–Trinajstić information content (AvgIpc) is 3.19. The minimum Gasteiger partial charge on any atom is -0.454 e. The molecule has 4 rings (SSSR count). The molecule has 3 aromatic rings. The molecule has 0 amide bonds. The van der Waals surface area contributed by atoms with Crippen molar-refractivity contribution < 1.29 is 19.1 Å². The van der Waals surface area contributed by atoms with Gasteiger partial charge in [0.15, 0.2) is 12.4 Å². The summed E-state index contributed by atoms with van der Waals surface area (Å²) in [6.07, 6.45) is 0.998. The SMILES string of the molecule is CCCn1nnnc1COC(=O)c1ccc2c(c1)C[C@H](c1ccccc1)OC2=O. The van der Waals surface area contributed by atoms with Crippen LogP contribution in [-0.2, 0) is 29.0 Å². The first-order chi connectivity index (χ1) is 14.2. The number of tetrazole rings is 1. The van der Waals surface area contributed by atoms with E-state index < -0.39 is 11.9 Å². The second kappa shape index (κ2) is 8.22. The van der Waals surface area contributed by atoms with Crippen LogP contribution in [0.1, 0.15) is 57.1 Å². The molecule has 0 aliphatic carbocycles. The van der Waals surface area contributed by atoms with Crippen LogP contribution in [0.3, 0.4) is 0 Å². The Hall–Kier alpha value is -3.55. The molecule has 0 fully saturated rings. The van der Waals surface area contributed by atoms with Crippen LogP contribution in [0.5, 0.6) is 0 Å². The first-order valence-electron chi connectivity index (χ1n) is 9.46. The minimum atomic E-state index is -0.492. The van der Waals surface area contributed by atoms with Gasteiger partial charge < -0.3 is 9.47 Å². The molecule has 1 atom stereocenters. The van der Waals surface area contributed by atoms with Crippen LogP contribution in [0.25, 0.3) is 0 Å². The number of cyclic esters (lactones) is 1. The number of aryl methyl sites for hydroxylation is 1. The normalized spacial score (nSPS) is 15.5. The number of carbonyl (C=O) groups excluding carboxylic acids is 2. The van der Waals surface area contributed by atoms with Gasteiger partial charge in [0.1, 0.15) is 6.10 Å². The summed E-state index contributed by atoms with van der Waals surface area (Å²) in [5.74, 6) is -0.390. The third-order valence-corrected chi connectivity index (χ3v) is 4.76. The van der Waals surface area contributed by atoms with Crippen molar-refractivity contribution >= 4 is 11.9 Å². The summed E-state index contributed by atoms with van der Waals surface area (Å²) >= 11 is 0. The lowest BCUT2D eigenvalue weighted by Gasteiger charge is -2.25. The fourth-order valence-electron chi connectivity index (χ4n) is 3.30. The number of hydrogen-bond donors (Lipinski definition) is 0. The van der Waals surface area contributed by atoms with Gasteiger partial charge in [-0.2, -0.15) is 0 Å². The number of carbonyl (C=O) groups is 2. The highest BCUT2D eigenvalue weighted by Gasteiger charge is 2.28. The molecule has 1 aliphatic heterocycles. The molecule has 0 saturated carbocycles. The number of nitrogens with zero attached hydrogens (tertiary/aromatic N) is 4. The van der Waals surface area contributed by atoms with E-state index in [-0.39, 0.29) is 12.7 Å². The molecule has 0 spiro atoms. The van der Waals surface area contributed by atoms with Crippen molar-refractivity contribution in [3.05, 3.63) is 76.6 Å². The third-order valence-electron chi connectivity index (χ3n) is 4.76. The van der Waals surface area contributed by atoms with Crippen molar-refractivity contribution in [2.24, 2.45) is 0 Å². The van der Waals surface area contributed by atoms with Crippen LogP contribution >= 0.6 is 0 Å². The van der Waals surface area contributed by atoms with Crippen molar-refractivity contribution in [3.63, 3.8) is 0 Å². The second-order valence-electron chi connectivity index (χ2n) is 6.78. The van der Waals surface area contributed by atoms with Gasteiger partial charge in [0.2, 0.25) is 0 Å². The zero-order valence-electron chi connectivity index (χ0n) is 15.9. The molecular formula is C21H20N4O4. The number of esters is 2. The summed E-state index contributed by atoms with van der Waals surface area (Å²) in [5.41, 5.74) is 2.53. The molecule has 0 N–H and O–H groups in total. The number of aromatic nitrogens is 4. The van der Waals surface area contributed by atoms with E-state index in [2.05, 4.69) is 15.5 Å². The summed E-state index contributed by atoms with van der Waals surface area (Å²) in [6.45, 7) is 2.65. The van der Waals surface area contributed by atoms with E-state index in [0.717, 1.165) is 17.5 Å². The standard InChI is InChI=1S/C21H20N4O4/c1-2-10-25-19(22-23-24-25)13-28-20(26)15-8-9-17-16(11-15)12-18(29-21(17)27)14-6-4-3-5-7-14/h3-9,11,18H,2,10,12-13H2,1H3/t18-/m1/s1. The highest BCUT2D eigenvalue weighted by atomic mass is 16.5. The van der Waals surface area contributed by atoms with Crippen molar-refractivity contribution in [1.82, 2.24) is 20.2 Å². The minimum absolute atomic E-state index is 0.0163. The van der Waals surface area contributed by atoms with Gasteiger partial charge in [0.05, 0.1) is 11.1 Å². The van der Waals surface area contributed by atoms with E-state index in [0.29, 0.717) is 29.9 Å². The summed E-state index contributed by atoms with van der Waals surface area (Å²) in [7, 11) is 0. The highest BCUT2D eigenvalue weighted by Crippen LogP contribution is 2.31. The Balaban J connectivity index is 1.49. The van der Waals surface area contributed by atoms with Crippen LogP contribution in [0.15, 0.2) is 48.5 Å². The fourth-order valence-corrected chi connectivity index (χ4v) is 3.30. The van der Waals surface area contributed by atoms with E-state index in [4.69, 9.17) is 9.47 Å². The zero-order chi connectivity index (χ0) is 20.2. The van der Waals surface area contributed by atoms with Gasteiger partial charge in [0.25, 0.3) is 0 Å². The lowest BCUT2D eigenvalue weighted by atomic mass is 9.93. The van der Waals surface area contributed by atoms with Crippen LogP contribution < -0.4 is 0 Å². The molecule has 0 radical (unpaired) electrons. The monoisotopic (exact) mass is 392 g/mol. The average molecular weight is 392 g/mol. The van der Waals surface area contributed by atoms with Crippen molar-refractivity contribution in [3.8, 4) is 0 Å². The van der Waals surface area contributed by atoms with Gasteiger partial charge in [-0.05, 0) is 46.2 Å². The van der Waals surface area contributed by atoms with Gasteiger partial charge >= 0.3 is 11.9 Å². The first-order valence-corrected chi connectivity index (χ1v) is 9.46. The molecule has 2 heterocycles. The van der Waals surface area contributed by atoms with E-state index in [1.54, 1.807) is 22.9 Å². The molecule has 0 bridgehead atoms. The Labute approximate surface area is 167 Å².